The Morgan fingerprint density at radius 2 is 1.69 bits per heavy atom. The molecule has 0 aromatic heterocycles. The Morgan fingerprint density at radius 3 is 2.23 bits per heavy atom. The highest BCUT2D eigenvalue weighted by molar-refractivity contribution is 4.64. The van der Waals surface area contributed by atoms with Crippen molar-refractivity contribution in [2.24, 2.45) is 0 Å². The average Bonchev–Trinajstić information content (AvgIpc) is 2.21. The molecule has 0 saturated carbocycles. The number of nitrogens with zero attached hydrogens (tertiary/aromatic N) is 1. The second kappa shape index (κ2) is 6.35. The highest BCUT2D eigenvalue weighted by Gasteiger charge is 2.12. The number of likely N-dealkylation sites (tertiary alicyclic amines) is 1. The standard InChI is InChI=1S/C10H21NO2/c1-12-10(13-2)6-9-11-7-4-3-5-8-11/h10H,3-9H2,1-2H3. The van der Waals surface area contributed by atoms with Crippen molar-refractivity contribution in [2.75, 3.05) is 33.9 Å². The molecule has 0 spiro atoms. The normalized spacial score (nSPS) is 19.6. The Hall–Kier alpha value is -0.120. The van der Waals surface area contributed by atoms with Gasteiger partial charge in [-0.25, -0.2) is 0 Å². The Labute approximate surface area is 81.0 Å². The summed E-state index contributed by atoms with van der Waals surface area (Å²) in [7, 11) is 3.40. The molecule has 0 aliphatic carbocycles. The molecule has 1 saturated heterocycles. The minimum Gasteiger partial charge on any atom is -0.356 e. The molecule has 3 nitrogen and oxygen atoms in total. The molecule has 78 valence electrons. The van der Waals surface area contributed by atoms with Crippen LogP contribution in [0.2, 0.25) is 0 Å². The van der Waals surface area contributed by atoms with Crippen LogP contribution >= 0.6 is 0 Å². The zero-order valence-electron chi connectivity index (χ0n) is 8.79. The van der Waals surface area contributed by atoms with Gasteiger partial charge < -0.3 is 14.4 Å². The zero-order valence-corrected chi connectivity index (χ0v) is 8.79. The van der Waals surface area contributed by atoms with Gasteiger partial charge in [-0.1, -0.05) is 6.42 Å². The van der Waals surface area contributed by atoms with Gasteiger partial charge in [0.05, 0.1) is 0 Å². The van der Waals surface area contributed by atoms with Crippen molar-refractivity contribution in [3.05, 3.63) is 0 Å². The van der Waals surface area contributed by atoms with Gasteiger partial charge in [0.1, 0.15) is 0 Å². The van der Waals surface area contributed by atoms with E-state index in [1.165, 1.54) is 32.4 Å². The average molecular weight is 187 g/mol. The smallest absolute Gasteiger partial charge is 0.158 e. The second-order valence-electron chi connectivity index (χ2n) is 3.59. The van der Waals surface area contributed by atoms with E-state index in [9.17, 15) is 0 Å². The summed E-state index contributed by atoms with van der Waals surface area (Å²) in [5.74, 6) is 0. The first-order chi connectivity index (χ1) is 6.36. The van der Waals surface area contributed by atoms with Crippen LogP contribution in [0.15, 0.2) is 0 Å². The number of hydrogen-bond acceptors (Lipinski definition) is 3. The van der Waals surface area contributed by atoms with Crippen LogP contribution in [0.25, 0.3) is 0 Å². The van der Waals surface area contributed by atoms with Crippen LogP contribution in [0, 0.1) is 0 Å². The Morgan fingerprint density at radius 1 is 1.08 bits per heavy atom. The first kappa shape index (κ1) is 11.0. The third-order valence-electron chi connectivity index (χ3n) is 2.66. The number of piperidine rings is 1. The molecule has 1 fully saturated rings. The molecule has 0 atom stereocenters. The summed E-state index contributed by atoms with van der Waals surface area (Å²) in [6.45, 7) is 3.60. The zero-order chi connectivity index (χ0) is 9.52. The van der Waals surface area contributed by atoms with Crippen molar-refractivity contribution in [1.29, 1.82) is 0 Å². The SMILES string of the molecule is COC(CCN1CCCCC1)OC. The van der Waals surface area contributed by atoms with Crippen LogP contribution in [0.4, 0.5) is 0 Å². The van der Waals surface area contributed by atoms with E-state index < -0.39 is 0 Å². The van der Waals surface area contributed by atoms with Crippen molar-refractivity contribution < 1.29 is 9.47 Å². The fourth-order valence-electron chi connectivity index (χ4n) is 1.80. The molecule has 0 aromatic carbocycles. The van der Waals surface area contributed by atoms with Crippen LogP contribution in [0.3, 0.4) is 0 Å². The maximum Gasteiger partial charge on any atom is 0.158 e. The van der Waals surface area contributed by atoms with Crippen LogP contribution in [-0.4, -0.2) is 45.0 Å². The van der Waals surface area contributed by atoms with Crippen molar-refractivity contribution in [3.8, 4) is 0 Å². The Kier molecular flexibility index (Phi) is 5.35. The maximum atomic E-state index is 5.14. The van der Waals surface area contributed by atoms with E-state index in [1.54, 1.807) is 14.2 Å². The lowest BCUT2D eigenvalue weighted by Crippen LogP contribution is -2.33. The lowest BCUT2D eigenvalue weighted by Gasteiger charge is -2.27. The molecular formula is C10H21NO2. The summed E-state index contributed by atoms with van der Waals surface area (Å²) in [6.07, 6.45) is 5.05. The van der Waals surface area contributed by atoms with Gasteiger partial charge >= 0.3 is 0 Å². The summed E-state index contributed by atoms with van der Waals surface area (Å²) in [4.78, 5) is 2.49. The fourth-order valence-corrected chi connectivity index (χ4v) is 1.80. The monoisotopic (exact) mass is 187 g/mol. The third-order valence-corrected chi connectivity index (χ3v) is 2.66. The molecule has 3 heteroatoms. The van der Waals surface area contributed by atoms with Gasteiger partial charge in [0.2, 0.25) is 0 Å². The van der Waals surface area contributed by atoms with E-state index in [1.807, 2.05) is 0 Å². The number of rotatable bonds is 5. The number of methoxy groups -OCH3 is 2. The predicted molar refractivity (Wildman–Crippen MR) is 52.7 cm³/mol. The van der Waals surface area contributed by atoms with Gasteiger partial charge in [-0.15, -0.1) is 0 Å². The lowest BCUT2D eigenvalue weighted by molar-refractivity contribution is -0.109. The van der Waals surface area contributed by atoms with Gasteiger partial charge in [0.15, 0.2) is 6.29 Å². The van der Waals surface area contributed by atoms with Gasteiger partial charge in [-0.05, 0) is 25.9 Å². The van der Waals surface area contributed by atoms with Crippen LogP contribution in [-0.2, 0) is 9.47 Å². The van der Waals surface area contributed by atoms with Crippen LogP contribution in [0.1, 0.15) is 25.7 Å². The summed E-state index contributed by atoms with van der Waals surface area (Å²) in [6, 6.07) is 0. The Bertz CT molecular complexity index is 120. The summed E-state index contributed by atoms with van der Waals surface area (Å²) >= 11 is 0. The van der Waals surface area contributed by atoms with E-state index >= 15 is 0 Å². The highest BCUT2D eigenvalue weighted by atomic mass is 16.7. The maximum absolute atomic E-state index is 5.14. The van der Waals surface area contributed by atoms with Crippen molar-refractivity contribution >= 4 is 0 Å². The molecule has 0 aromatic rings. The van der Waals surface area contributed by atoms with Crippen LogP contribution in [0.5, 0.6) is 0 Å². The first-order valence-electron chi connectivity index (χ1n) is 5.14. The molecule has 1 rings (SSSR count). The molecule has 0 radical (unpaired) electrons. The van der Waals surface area contributed by atoms with Crippen LogP contribution < -0.4 is 0 Å². The summed E-state index contributed by atoms with van der Waals surface area (Å²) in [5.41, 5.74) is 0. The topological polar surface area (TPSA) is 21.7 Å². The number of ether oxygens (including phenoxy) is 2. The second-order valence-corrected chi connectivity index (χ2v) is 3.59. The van der Waals surface area contributed by atoms with E-state index in [0.717, 1.165) is 13.0 Å². The molecule has 0 bridgehead atoms. The molecule has 0 amide bonds. The lowest BCUT2D eigenvalue weighted by atomic mass is 10.1. The summed E-state index contributed by atoms with van der Waals surface area (Å²) < 4.78 is 10.3. The molecule has 1 aliphatic rings. The predicted octanol–water partition coefficient (Wildman–Crippen LogP) is 1.48. The molecule has 0 unspecified atom stereocenters. The highest BCUT2D eigenvalue weighted by Crippen LogP contribution is 2.10. The molecule has 1 heterocycles. The van der Waals surface area contributed by atoms with E-state index in [2.05, 4.69) is 4.90 Å². The molecule has 13 heavy (non-hydrogen) atoms. The quantitative estimate of drug-likeness (QED) is 0.609. The summed E-state index contributed by atoms with van der Waals surface area (Å²) in [5, 5.41) is 0. The third kappa shape index (κ3) is 4.07. The van der Waals surface area contributed by atoms with Gasteiger partial charge in [0, 0.05) is 27.2 Å². The molecule has 0 N–H and O–H groups in total. The van der Waals surface area contributed by atoms with E-state index in [0.29, 0.717) is 0 Å². The minimum absolute atomic E-state index is 0.0260. The van der Waals surface area contributed by atoms with Gasteiger partial charge in [-0.3, -0.25) is 0 Å². The van der Waals surface area contributed by atoms with Crippen molar-refractivity contribution in [3.63, 3.8) is 0 Å². The van der Waals surface area contributed by atoms with E-state index in [4.69, 9.17) is 9.47 Å². The van der Waals surface area contributed by atoms with Crippen molar-refractivity contribution in [1.82, 2.24) is 4.90 Å². The largest absolute Gasteiger partial charge is 0.356 e. The van der Waals surface area contributed by atoms with Gasteiger partial charge in [0.25, 0.3) is 0 Å². The van der Waals surface area contributed by atoms with Gasteiger partial charge in [-0.2, -0.15) is 0 Å². The van der Waals surface area contributed by atoms with E-state index in [-0.39, 0.29) is 6.29 Å². The molecular weight excluding hydrogens is 166 g/mol. The Balaban J connectivity index is 2.09. The van der Waals surface area contributed by atoms with Crippen molar-refractivity contribution in [2.45, 2.75) is 32.0 Å². The minimum atomic E-state index is -0.0260. The molecule has 1 aliphatic heterocycles. The fraction of sp³-hybridized carbons (Fsp3) is 1.00. The first-order valence-corrected chi connectivity index (χ1v) is 5.14. The number of hydrogen-bond donors (Lipinski definition) is 0.